The van der Waals surface area contributed by atoms with E-state index in [0.717, 1.165) is 35.7 Å². The molecular formula is C21H24O3. The summed E-state index contributed by atoms with van der Waals surface area (Å²) in [5, 5.41) is 0. The van der Waals surface area contributed by atoms with E-state index in [9.17, 15) is 4.79 Å². The van der Waals surface area contributed by atoms with E-state index in [0.29, 0.717) is 5.92 Å². The van der Waals surface area contributed by atoms with Crippen molar-refractivity contribution in [1.29, 1.82) is 0 Å². The number of methoxy groups -OCH3 is 1. The summed E-state index contributed by atoms with van der Waals surface area (Å²) in [5.74, 6) is 3.04. The molecule has 0 N–H and O–H groups in total. The van der Waals surface area contributed by atoms with E-state index in [2.05, 4.69) is 0 Å². The summed E-state index contributed by atoms with van der Waals surface area (Å²) in [4.78, 5) is 12.2. The molecular weight excluding hydrogens is 300 g/mol. The van der Waals surface area contributed by atoms with E-state index in [1.54, 1.807) is 14.0 Å². The largest absolute Gasteiger partial charge is 0.497 e. The molecule has 0 heterocycles. The van der Waals surface area contributed by atoms with E-state index in [1.807, 2.05) is 48.5 Å². The Morgan fingerprint density at radius 3 is 2.29 bits per heavy atom. The molecule has 1 aliphatic carbocycles. The molecule has 1 saturated carbocycles. The Balaban J connectivity index is 1.80. The second-order valence-electron chi connectivity index (χ2n) is 6.48. The predicted molar refractivity (Wildman–Crippen MR) is 94.9 cm³/mol. The summed E-state index contributed by atoms with van der Waals surface area (Å²) in [6.07, 6.45) is 4.76. The van der Waals surface area contributed by atoms with Crippen LogP contribution in [-0.2, 0) is 4.79 Å². The summed E-state index contributed by atoms with van der Waals surface area (Å²) in [6, 6.07) is 15.5. The van der Waals surface area contributed by atoms with Crippen LogP contribution in [0.3, 0.4) is 0 Å². The standard InChI is InChI=1S/C21H24O3/c1-15(22)21(16-6-3-4-7-16)17-8-5-9-20(14-17)24-19-12-10-18(23-2)11-13-19/h5,8-14,16,21H,3-4,6-7H2,1-2H3. The van der Waals surface area contributed by atoms with Gasteiger partial charge in [0.1, 0.15) is 23.0 Å². The van der Waals surface area contributed by atoms with Gasteiger partial charge in [0, 0.05) is 5.92 Å². The minimum Gasteiger partial charge on any atom is -0.497 e. The van der Waals surface area contributed by atoms with Gasteiger partial charge < -0.3 is 9.47 Å². The number of rotatable bonds is 6. The molecule has 0 spiro atoms. The van der Waals surface area contributed by atoms with Crippen LogP contribution in [0.4, 0.5) is 0 Å². The molecule has 0 radical (unpaired) electrons. The highest BCUT2D eigenvalue weighted by molar-refractivity contribution is 5.83. The fourth-order valence-electron chi connectivity index (χ4n) is 3.68. The molecule has 0 saturated heterocycles. The van der Waals surface area contributed by atoms with Gasteiger partial charge in [-0.05, 0) is 67.6 Å². The molecule has 1 unspecified atom stereocenters. The quantitative estimate of drug-likeness (QED) is 0.718. The van der Waals surface area contributed by atoms with Crippen LogP contribution in [0, 0.1) is 5.92 Å². The van der Waals surface area contributed by atoms with E-state index < -0.39 is 0 Å². The van der Waals surface area contributed by atoms with Gasteiger partial charge in [-0.3, -0.25) is 4.79 Å². The fourth-order valence-corrected chi connectivity index (χ4v) is 3.68. The number of ether oxygens (including phenoxy) is 2. The summed E-state index contributed by atoms with van der Waals surface area (Å²) in [6.45, 7) is 1.71. The zero-order valence-corrected chi connectivity index (χ0v) is 14.3. The monoisotopic (exact) mass is 324 g/mol. The molecule has 1 aliphatic rings. The Kier molecular flexibility index (Phi) is 5.19. The van der Waals surface area contributed by atoms with Crippen LogP contribution in [0.1, 0.15) is 44.1 Å². The Labute approximate surface area is 143 Å². The first-order valence-electron chi connectivity index (χ1n) is 8.59. The average Bonchev–Trinajstić information content (AvgIpc) is 3.10. The first-order chi connectivity index (χ1) is 11.7. The van der Waals surface area contributed by atoms with Crippen LogP contribution in [0.5, 0.6) is 17.2 Å². The lowest BCUT2D eigenvalue weighted by Gasteiger charge is -2.21. The number of hydrogen-bond acceptors (Lipinski definition) is 3. The highest BCUT2D eigenvalue weighted by Gasteiger charge is 2.29. The van der Waals surface area contributed by atoms with Gasteiger partial charge >= 0.3 is 0 Å². The maximum absolute atomic E-state index is 12.2. The molecule has 2 aromatic rings. The summed E-state index contributed by atoms with van der Waals surface area (Å²) in [5.41, 5.74) is 1.07. The van der Waals surface area contributed by atoms with Crippen LogP contribution in [0.2, 0.25) is 0 Å². The molecule has 0 aliphatic heterocycles. The lowest BCUT2D eigenvalue weighted by Crippen LogP contribution is -2.17. The molecule has 2 aromatic carbocycles. The minimum absolute atomic E-state index is 0.00748. The van der Waals surface area contributed by atoms with Crippen molar-refractivity contribution in [3.05, 3.63) is 54.1 Å². The predicted octanol–water partition coefficient (Wildman–Crippen LogP) is 5.35. The minimum atomic E-state index is -0.00748. The smallest absolute Gasteiger partial charge is 0.137 e. The molecule has 1 atom stereocenters. The van der Waals surface area contributed by atoms with Crippen molar-refractivity contribution >= 4 is 5.78 Å². The average molecular weight is 324 g/mol. The van der Waals surface area contributed by atoms with Gasteiger partial charge in [0.15, 0.2) is 0 Å². The normalized spacial score (nSPS) is 15.9. The number of Topliss-reactive ketones (excluding diaryl/α,β-unsaturated/α-hetero) is 1. The maximum Gasteiger partial charge on any atom is 0.137 e. The van der Waals surface area contributed by atoms with E-state index >= 15 is 0 Å². The zero-order chi connectivity index (χ0) is 16.9. The third-order valence-corrected chi connectivity index (χ3v) is 4.82. The second-order valence-corrected chi connectivity index (χ2v) is 6.48. The first-order valence-corrected chi connectivity index (χ1v) is 8.59. The van der Waals surface area contributed by atoms with Gasteiger partial charge in [0.05, 0.1) is 7.11 Å². The first kappa shape index (κ1) is 16.6. The van der Waals surface area contributed by atoms with Gasteiger partial charge in [-0.15, -0.1) is 0 Å². The van der Waals surface area contributed by atoms with Gasteiger partial charge in [0.2, 0.25) is 0 Å². The van der Waals surface area contributed by atoms with Crippen molar-refractivity contribution < 1.29 is 14.3 Å². The van der Waals surface area contributed by atoms with E-state index in [4.69, 9.17) is 9.47 Å². The highest BCUT2D eigenvalue weighted by atomic mass is 16.5. The third kappa shape index (κ3) is 3.78. The van der Waals surface area contributed by atoms with Crippen molar-refractivity contribution in [3.63, 3.8) is 0 Å². The van der Waals surface area contributed by atoms with Crippen molar-refractivity contribution in [1.82, 2.24) is 0 Å². The third-order valence-electron chi connectivity index (χ3n) is 4.82. The van der Waals surface area contributed by atoms with Crippen LogP contribution in [0.15, 0.2) is 48.5 Å². The fraction of sp³-hybridized carbons (Fsp3) is 0.381. The summed E-state index contributed by atoms with van der Waals surface area (Å²) >= 11 is 0. The Hall–Kier alpha value is -2.29. The molecule has 3 nitrogen and oxygen atoms in total. The van der Waals surface area contributed by atoms with Crippen LogP contribution >= 0.6 is 0 Å². The molecule has 24 heavy (non-hydrogen) atoms. The molecule has 0 bridgehead atoms. The topological polar surface area (TPSA) is 35.5 Å². The van der Waals surface area contributed by atoms with E-state index in [1.165, 1.54) is 12.8 Å². The molecule has 126 valence electrons. The number of carbonyl (C=O) groups is 1. The van der Waals surface area contributed by atoms with Crippen molar-refractivity contribution in [2.24, 2.45) is 5.92 Å². The zero-order valence-electron chi connectivity index (χ0n) is 14.3. The van der Waals surface area contributed by atoms with Gasteiger partial charge in [-0.25, -0.2) is 0 Å². The van der Waals surface area contributed by atoms with Crippen LogP contribution < -0.4 is 9.47 Å². The van der Waals surface area contributed by atoms with Crippen molar-refractivity contribution in [2.45, 2.75) is 38.5 Å². The molecule has 0 amide bonds. The van der Waals surface area contributed by atoms with Crippen molar-refractivity contribution in [2.75, 3.05) is 7.11 Å². The van der Waals surface area contributed by atoms with Crippen LogP contribution in [-0.4, -0.2) is 12.9 Å². The summed E-state index contributed by atoms with van der Waals surface area (Å²) in [7, 11) is 1.64. The summed E-state index contributed by atoms with van der Waals surface area (Å²) < 4.78 is 11.1. The lowest BCUT2D eigenvalue weighted by atomic mass is 9.82. The number of ketones is 1. The maximum atomic E-state index is 12.2. The number of hydrogen-bond donors (Lipinski definition) is 0. The molecule has 3 heteroatoms. The lowest BCUT2D eigenvalue weighted by molar-refractivity contribution is -0.119. The Bertz CT molecular complexity index is 684. The molecule has 0 aromatic heterocycles. The van der Waals surface area contributed by atoms with Gasteiger partial charge in [-0.2, -0.15) is 0 Å². The van der Waals surface area contributed by atoms with Gasteiger partial charge in [-0.1, -0.05) is 25.0 Å². The van der Waals surface area contributed by atoms with Crippen LogP contribution in [0.25, 0.3) is 0 Å². The Morgan fingerprint density at radius 1 is 1.00 bits per heavy atom. The number of carbonyl (C=O) groups excluding carboxylic acids is 1. The Morgan fingerprint density at radius 2 is 1.67 bits per heavy atom. The molecule has 3 rings (SSSR count). The molecule has 1 fully saturated rings. The highest BCUT2D eigenvalue weighted by Crippen LogP contribution is 2.39. The van der Waals surface area contributed by atoms with E-state index in [-0.39, 0.29) is 11.7 Å². The second kappa shape index (κ2) is 7.52. The van der Waals surface area contributed by atoms with Crippen molar-refractivity contribution in [3.8, 4) is 17.2 Å². The van der Waals surface area contributed by atoms with Gasteiger partial charge in [0.25, 0.3) is 0 Å². The SMILES string of the molecule is COc1ccc(Oc2cccc(C(C(C)=O)C3CCCC3)c2)cc1. The number of benzene rings is 2.